The summed E-state index contributed by atoms with van der Waals surface area (Å²) in [6, 6.07) is 0.512. The maximum atomic E-state index is 11.1. The minimum absolute atomic E-state index is 0.135. The summed E-state index contributed by atoms with van der Waals surface area (Å²) in [5, 5.41) is 4.09. The highest BCUT2D eigenvalue weighted by molar-refractivity contribution is 7.99. The van der Waals surface area contributed by atoms with Crippen molar-refractivity contribution in [2.45, 2.75) is 43.9 Å². The molecule has 0 aliphatic heterocycles. The van der Waals surface area contributed by atoms with E-state index in [1.807, 2.05) is 18.7 Å². The fraction of sp³-hybridized carbons (Fsp3) is 0.909. The van der Waals surface area contributed by atoms with E-state index >= 15 is 0 Å². The van der Waals surface area contributed by atoms with Gasteiger partial charge in [0.2, 0.25) is 0 Å². The maximum Gasteiger partial charge on any atom is 0.319 e. The zero-order valence-corrected chi connectivity index (χ0v) is 10.4. The topological polar surface area (TPSA) is 38.3 Å². The molecule has 1 fully saturated rings. The molecule has 3 nitrogen and oxygen atoms in total. The van der Waals surface area contributed by atoms with Gasteiger partial charge in [0.15, 0.2) is 0 Å². The number of hydrogen-bond donors (Lipinski definition) is 1. The lowest BCUT2D eigenvalue weighted by atomic mass is 9.95. The third-order valence-corrected chi connectivity index (χ3v) is 3.99. The lowest BCUT2D eigenvalue weighted by Crippen LogP contribution is -2.37. The molecule has 0 aromatic carbocycles. The average Bonchev–Trinajstić information content (AvgIpc) is 2.27. The first-order valence-electron chi connectivity index (χ1n) is 5.68. The van der Waals surface area contributed by atoms with Crippen molar-refractivity contribution in [1.29, 1.82) is 0 Å². The molecule has 0 bridgehead atoms. The Hall–Kier alpha value is -0.220. The van der Waals surface area contributed by atoms with E-state index in [1.165, 1.54) is 25.7 Å². The molecule has 0 aromatic heterocycles. The Morgan fingerprint density at radius 1 is 1.40 bits per heavy atom. The Bertz CT molecular complexity index is 191. The third-order valence-electron chi connectivity index (χ3n) is 2.85. The minimum atomic E-state index is -0.135. The van der Waals surface area contributed by atoms with Crippen LogP contribution in [-0.2, 0) is 9.53 Å². The van der Waals surface area contributed by atoms with Gasteiger partial charge in [0.05, 0.1) is 13.2 Å². The Kier molecular flexibility index (Phi) is 6.10. The van der Waals surface area contributed by atoms with Crippen molar-refractivity contribution < 1.29 is 9.53 Å². The van der Waals surface area contributed by atoms with E-state index < -0.39 is 0 Å². The first-order valence-corrected chi connectivity index (χ1v) is 6.96. The van der Waals surface area contributed by atoms with Crippen LogP contribution in [-0.4, -0.2) is 36.7 Å². The van der Waals surface area contributed by atoms with Crippen molar-refractivity contribution in [1.82, 2.24) is 5.32 Å². The van der Waals surface area contributed by atoms with Crippen LogP contribution in [0.5, 0.6) is 0 Å². The van der Waals surface area contributed by atoms with E-state index in [0.717, 1.165) is 5.25 Å². The van der Waals surface area contributed by atoms with E-state index in [1.54, 1.807) is 0 Å². The number of rotatable bonds is 5. The number of nitrogens with one attached hydrogen (secondary N) is 1. The molecule has 88 valence electrons. The van der Waals surface area contributed by atoms with Crippen molar-refractivity contribution >= 4 is 17.7 Å². The van der Waals surface area contributed by atoms with E-state index in [4.69, 9.17) is 4.74 Å². The lowest BCUT2D eigenvalue weighted by molar-refractivity contribution is -0.142. The van der Waals surface area contributed by atoms with Crippen molar-refractivity contribution in [2.75, 3.05) is 19.4 Å². The van der Waals surface area contributed by atoms with Crippen LogP contribution in [0.15, 0.2) is 0 Å². The van der Waals surface area contributed by atoms with Gasteiger partial charge in [-0.25, -0.2) is 0 Å². The second kappa shape index (κ2) is 7.12. The molecule has 15 heavy (non-hydrogen) atoms. The number of hydrogen-bond acceptors (Lipinski definition) is 4. The molecule has 1 rings (SSSR count). The maximum absolute atomic E-state index is 11.1. The van der Waals surface area contributed by atoms with E-state index in [2.05, 4.69) is 11.6 Å². The van der Waals surface area contributed by atoms with Crippen LogP contribution in [0, 0.1) is 0 Å². The highest BCUT2D eigenvalue weighted by atomic mass is 32.2. The van der Waals surface area contributed by atoms with Crippen LogP contribution in [0.1, 0.15) is 32.6 Å². The van der Waals surface area contributed by atoms with Crippen LogP contribution < -0.4 is 5.32 Å². The van der Waals surface area contributed by atoms with Gasteiger partial charge in [0.25, 0.3) is 0 Å². The van der Waals surface area contributed by atoms with Crippen molar-refractivity contribution in [3.05, 3.63) is 0 Å². The van der Waals surface area contributed by atoms with Gasteiger partial charge in [-0.1, -0.05) is 0 Å². The Morgan fingerprint density at radius 2 is 2.07 bits per heavy atom. The SMILES string of the molecule is CCOC(=O)CNC1CCC(SC)CC1. The molecule has 0 amide bonds. The van der Waals surface area contributed by atoms with Crippen LogP contribution in [0.25, 0.3) is 0 Å². The largest absolute Gasteiger partial charge is 0.465 e. The van der Waals surface area contributed by atoms with Crippen LogP contribution in [0.4, 0.5) is 0 Å². The zero-order valence-electron chi connectivity index (χ0n) is 9.62. The van der Waals surface area contributed by atoms with Gasteiger partial charge in [-0.2, -0.15) is 11.8 Å². The van der Waals surface area contributed by atoms with Crippen molar-refractivity contribution in [2.24, 2.45) is 0 Å². The molecule has 0 spiro atoms. The van der Waals surface area contributed by atoms with Crippen molar-refractivity contribution in [3.8, 4) is 0 Å². The molecular weight excluding hydrogens is 210 g/mol. The molecule has 0 atom stereocenters. The molecule has 1 aliphatic rings. The predicted molar refractivity (Wildman–Crippen MR) is 64.2 cm³/mol. The second-order valence-corrected chi connectivity index (χ2v) is 5.03. The summed E-state index contributed by atoms with van der Waals surface area (Å²) in [5.41, 5.74) is 0. The summed E-state index contributed by atoms with van der Waals surface area (Å²) < 4.78 is 4.87. The smallest absolute Gasteiger partial charge is 0.319 e. The molecule has 1 N–H and O–H groups in total. The Morgan fingerprint density at radius 3 is 2.60 bits per heavy atom. The molecular formula is C11H21NO2S. The number of carbonyl (C=O) groups is 1. The Balaban J connectivity index is 2.10. The predicted octanol–water partition coefficient (Wildman–Crippen LogP) is 1.81. The molecule has 0 heterocycles. The van der Waals surface area contributed by atoms with Gasteiger partial charge < -0.3 is 10.1 Å². The Labute approximate surface area is 96.3 Å². The lowest BCUT2D eigenvalue weighted by Gasteiger charge is -2.27. The highest BCUT2D eigenvalue weighted by Gasteiger charge is 2.20. The molecule has 0 radical (unpaired) electrons. The molecule has 0 saturated heterocycles. The zero-order chi connectivity index (χ0) is 11.1. The van der Waals surface area contributed by atoms with Crippen LogP contribution in [0.3, 0.4) is 0 Å². The molecule has 0 unspecified atom stereocenters. The summed E-state index contributed by atoms with van der Waals surface area (Å²) in [4.78, 5) is 11.1. The summed E-state index contributed by atoms with van der Waals surface area (Å²) in [6.45, 7) is 2.67. The number of ether oxygens (including phenoxy) is 1. The molecule has 4 heteroatoms. The van der Waals surface area contributed by atoms with Gasteiger partial charge in [0, 0.05) is 11.3 Å². The number of thioether (sulfide) groups is 1. The van der Waals surface area contributed by atoms with Crippen molar-refractivity contribution in [3.63, 3.8) is 0 Å². The summed E-state index contributed by atoms with van der Waals surface area (Å²) >= 11 is 1.96. The fourth-order valence-corrected chi connectivity index (χ4v) is 2.69. The quantitative estimate of drug-likeness (QED) is 0.732. The average molecular weight is 231 g/mol. The number of esters is 1. The highest BCUT2D eigenvalue weighted by Crippen LogP contribution is 2.26. The van der Waals surface area contributed by atoms with E-state index in [-0.39, 0.29) is 5.97 Å². The molecule has 1 aliphatic carbocycles. The van der Waals surface area contributed by atoms with Gasteiger partial charge >= 0.3 is 5.97 Å². The van der Waals surface area contributed by atoms with Gasteiger partial charge in [-0.05, 0) is 38.9 Å². The minimum Gasteiger partial charge on any atom is -0.465 e. The molecule has 0 aromatic rings. The van der Waals surface area contributed by atoms with Gasteiger partial charge in [-0.15, -0.1) is 0 Å². The van der Waals surface area contributed by atoms with Crippen LogP contribution >= 0.6 is 11.8 Å². The van der Waals surface area contributed by atoms with Crippen LogP contribution in [0.2, 0.25) is 0 Å². The number of carbonyl (C=O) groups excluding carboxylic acids is 1. The first-order chi connectivity index (χ1) is 7.26. The van der Waals surface area contributed by atoms with E-state index in [0.29, 0.717) is 19.2 Å². The van der Waals surface area contributed by atoms with Gasteiger partial charge in [-0.3, -0.25) is 4.79 Å². The normalized spacial score (nSPS) is 26.3. The third kappa shape index (κ3) is 4.89. The molecule has 1 saturated carbocycles. The fourth-order valence-electron chi connectivity index (χ4n) is 1.94. The summed E-state index contributed by atoms with van der Waals surface area (Å²) in [5.74, 6) is -0.135. The standard InChI is InChI=1S/C11H21NO2S/c1-3-14-11(13)8-12-9-4-6-10(15-2)7-5-9/h9-10,12H,3-8H2,1-2H3. The van der Waals surface area contributed by atoms with Gasteiger partial charge in [0.1, 0.15) is 0 Å². The second-order valence-electron chi connectivity index (χ2n) is 3.90. The summed E-state index contributed by atoms with van der Waals surface area (Å²) in [7, 11) is 0. The summed E-state index contributed by atoms with van der Waals surface area (Å²) in [6.07, 6.45) is 7.08. The monoisotopic (exact) mass is 231 g/mol. The van der Waals surface area contributed by atoms with E-state index in [9.17, 15) is 4.79 Å². The first kappa shape index (κ1) is 12.8.